The Labute approximate surface area is 104 Å². The Kier molecular flexibility index (Phi) is 6.52. The summed E-state index contributed by atoms with van der Waals surface area (Å²) in [6.45, 7) is 8.47. The molecule has 17 heavy (non-hydrogen) atoms. The summed E-state index contributed by atoms with van der Waals surface area (Å²) >= 11 is 0. The molecule has 4 heteroatoms. The van der Waals surface area contributed by atoms with Gasteiger partial charge in [0.2, 0.25) is 5.91 Å². The number of hydrogen-bond donors (Lipinski definition) is 2. The van der Waals surface area contributed by atoms with Gasteiger partial charge in [0.15, 0.2) is 0 Å². The van der Waals surface area contributed by atoms with E-state index in [1.165, 1.54) is 0 Å². The second-order valence-electron chi connectivity index (χ2n) is 5.37. The van der Waals surface area contributed by atoms with Gasteiger partial charge in [-0.25, -0.2) is 0 Å². The molecule has 0 saturated carbocycles. The van der Waals surface area contributed by atoms with Crippen LogP contribution in [0.2, 0.25) is 0 Å². The zero-order valence-corrected chi connectivity index (χ0v) is 11.3. The van der Waals surface area contributed by atoms with Crippen LogP contribution < -0.4 is 10.6 Å². The van der Waals surface area contributed by atoms with Crippen molar-refractivity contribution in [3.05, 3.63) is 0 Å². The van der Waals surface area contributed by atoms with Crippen LogP contribution in [-0.2, 0) is 9.53 Å². The summed E-state index contributed by atoms with van der Waals surface area (Å²) in [6, 6.07) is 0.703. The standard InChI is InChI=1S/C13H26N2O2/c1-10(2)8-11(3)14-9-13(16)15-12-4-6-17-7-5-12/h10-12,14H,4-9H2,1-3H3,(H,15,16). The monoisotopic (exact) mass is 242 g/mol. The first kappa shape index (κ1) is 14.5. The van der Waals surface area contributed by atoms with Crippen molar-refractivity contribution in [2.75, 3.05) is 19.8 Å². The predicted octanol–water partition coefficient (Wildman–Crippen LogP) is 1.31. The van der Waals surface area contributed by atoms with Gasteiger partial charge in [0.05, 0.1) is 6.54 Å². The molecule has 1 rings (SSSR count). The van der Waals surface area contributed by atoms with E-state index in [0.717, 1.165) is 32.5 Å². The van der Waals surface area contributed by atoms with Gasteiger partial charge in [0.1, 0.15) is 0 Å². The number of carbonyl (C=O) groups is 1. The van der Waals surface area contributed by atoms with Crippen molar-refractivity contribution in [3.63, 3.8) is 0 Å². The second-order valence-corrected chi connectivity index (χ2v) is 5.37. The molecule has 100 valence electrons. The molecule has 0 aliphatic carbocycles. The molecule has 1 unspecified atom stereocenters. The van der Waals surface area contributed by atoms with E-state index in [1.807, 2.05) is 0 Å². The zero-order valence-electron chi connectivity index (χ0n) is 11.3. The lowest BCUT2D eigenvalue weighted by Gasteiger charge is -2.23. The molecule has 4 nitrogen and oxygen atoms in total. The first-order valence-electron chi connectivity index (χ1n) is 6.68. The van der Waals surface area contributed by atoms with Crippen LogP contribution in [0.4, 0.5) is 0 Å². The maximum Gasteiger partial charge on any atom is 0.234 e. The zero-order chi connectivity index (χ0) is 12.7. The topological polar surface area (TPSA) is 50.4 Å². The fraction of sp³-hybridized carbons (Fsp3) is 0.923. The average Bonchev–Trinajstić information content (AvgIpc) is 2.27. The Morgan fingerprint density at radius 3 is 2.53 bits per heavy atom. The molecule has 1 aliphatic rings. The Morgan fingerprint density at radius 1 is 1.29 bits per heavy atom. The number of amides is 1. The van der Waals surface area contributed by atoms with E-state index in [4.69, 9.17) is 4.74 Å². The SMILES string of the molecule is CC(C)CC(C)NCC(=O)NC1CCOCC1. The molecule has 0 bridgehead atoms. The lowest BCUT2D eigenvalue weighted by atomic mass is 10.1. The average molecular weight is 242 g/mol. The van der Waals surface area contributed by atoms with Gasteiger partial charge >= 0.3 is 0 Å². The third-order valence-electron chi connectivity index (χ3n) is 3.02. The lowest BCUT2D eigenvalue weighted by molar-refractivity contribution is -0.121. The molecule has 0 aromatic heterocycles. The maximum absolute atomic E-state index is 11.7. The van der Waals surface area contributed by atoms with Crippen molar-refractivity contribution in [1.29, 1.82) is 0 Å². The minimum absolute atomic E-state index is 0.104. The minimum atomic E-state index is 0.104. The van der Waals surface area contributed by atoms with Gasteiger partial charge in [-0.2, -0.15) is 0 Å². The van der Waals surface area contributed by atoms with Crippen LogP contribution >= 0.6 is 0 Å². The molecule has 1 aliphatic heterocycles. The smallest absolute Gasteiger partial charge is 0.234 e. The molecule has 2 N–H and O–H groups in total. The summed E-state index contributed by atoms with van der Waals surface area (Å²) in [5.74, 6) is 0.767. The van der Waals surface area contributed by atoms with E-state index in [-0.39, 0.29) is 5.91 Å². The molecule has 0 aromatic carbocycles. The van der Waals surface area contributed by atoms with Crippen molar-refractivity contribution in [2.24, 2.45) is 5.92 Å². The van der Waals surface area contributed by atoms with E-state index in [1.54, 1.807) is 0 Å². The van der Waals surface area contributed by atoms with E-state index in [2.05, 4.69) is 31.4 Å². The van der Waals surface area contributed by atoms with Gasteiger partial charge in [-0.15, -0.1) is 0 Å². The van der Waals surface area contributed by atoms with Crippen LogP contribution in [0, 0.1) is 5.92 Å². The Morgan fingerprint density at radius 2 is 1.94 bits per heavy atom. The highest BCUT2D eigenvalue weighted by atomic mass is 16.5. The quantitative estimate of drug-likeness (QED) is 0.738. The normalized spacial score (nSPS) is 19.3. The van der Waals surface area contributed by atoms with Crippen LogP contribution in [0.5, 0.6) is 0 Å². The summed E-state index contributed by atoms with van der Waals surface area (Å²) in [7, 11) is 0. The molecule has 1 saturated heterocycles. The summed E-state index contributed by atoms with van der Waals surface area (Å²) in [5.41, 5.74) is 0. The molecule has 1 atom stereocenters. The molecule has 1 amide bonds. The maximum atomic E-state index is 11.7. The number of rotatable bonds is 6. The number of ether oxygens (including phenoxy) is 1. The largest absolute Gasteiger partial charge is 0.381 e. The molecular formula is C13H26N2O2. The minimum Gasteiger partial charge on any atom is -0.381 e. The highest BCUT2D eigenvalue weighted by Gasteiger charge is 2.16. The van der Waals surface area contributed by atoms with E-state index >= 15 is 0 Å². The summed E-state index contributed by atoms with van der Waals surface area (Å²) in [6.07, 6.45) is 2.98. The van der Waals surface area contributed by atoms with Gasteiger partial charge < -0.3 is 15.4 Å². The van der Waals surface area contributed by atoms with E-state index < -0.39 is 0 Å². The third kappa shape index (κ3) is 6.64. The Bertz CT molecular complexity index is 225. The molecule has 0 radical (unpaired) electrons. The van der Waals surface area contributed by atoms with Gasteiger partial charge in [0, 0.05) is 25.3 Å². The van der Waals surface area contributed by atoms with Gasteiger partial charge in [-0.05, 0) is 32.1 Å². The first-order valence-corrected chi connectivity index (χ1v) is 6.68. The van der Waals surface area contributed by atoms with Crippen LogP contribution in [-0.4, -0.2) is 37.7 Å². The van der Waals surface area contributed by atoms with Gasteiger partial charge in [-0.3, -0.25) is 4.79 Å². The van der Waals surface area contributed by atoms with Gasteiger partial charge in [-0.1, -0.05) is 13.8 Å². The highest BCUT2D eigenvalue weighted by molar-refractivity contribution is 5.78. The fourth-order valence-electron chi connectivity index (χ4n) is 2.18. The van der Waals surface area contributed by atoms with E-state index in [9.17, 15) is 4.79 Å². The van der Waals surface area contributed by atoms with E-state index in [0.29, 0.717) is 24.5 Å². The predicted molar refractivity (Wildman–Crippen MR) is 68.9 cm³/mol. The van der Waals surface area contributed by atoms with Crippen molar-refractivity contribution in [3.8, 4) is 0 Å². The summed E-state index contributed by atoms with van der Waals surface area (Å²) < 4.78 is 5.26. The van der Waals surface area contributed by atoms with Crippen LogP contribution in [0.3, 0.4) is 0 Å². The Hall–Kier alpha value is -0.610. The molecule has 1 fully saturated rings. The van der Waals surface area contributed by atoms with Crippen molar-refractivity contribution < 1.29 is 9.53 Å². The molecule has 0 spiro atoms. The van der Waals surface area contributed by atoms with Crippen molar-refractivity contribution in [2.45, 2.75) is 52.1 Å². The number of hydrogen-bond acceptors (Lipinski definition) is 3. The van der Waals surface area contributed by atoms with Crippen LogP contribution in [0.1, 0.15) is 40.0 Å². The lowest BCUT2D eigenvalue weighted by Crippen LogP contribution is -2.44. The van der Waals surface area contributed by atoms with Crippen LogP contribution in [0.25, 0.3) is 0 Å². The number of carbonyl (C=O) groups excluding carboxylic acids is 1. The second kappa shape index (κ2) is 7.67. The van der Waals surface area contributed by atoms with Gasteiger partial charge in [0.25, 0.3) is 0 Å². The molecule has 0 aromatic rings. The highest BCUT2D eigenvalue weighted by Crippen LogP contribution is 2.06. The molecule has 1 heterocycles. The molecular weight excluding hydrogens is 216 g/mol. The summed E-state index contributed by atoms with van der Waals surface area (Å²) in [4.78, 5) is 11.7. The van der Waals surface area contributed by atoms with Crippen LogP contribution in [0.15, 0.2) is 0 Å². The van der Waals surface area contributed by atoms with Crippen molar-refractivity contribution >= 4 is 5.91 Å². The third-order valence-corrected chi connectivity index (χ3v) is 3.02. The van der Waals surface area contributed by atoms with Crippen molar-refractivity contribution in [1.82, 2.24) is 10.6 Å². The first-order chi connectivity index (χ1) is 8.08. The fourth-order valence-corrected chi connectivity index (χ4v) is 2.18. The number of nitrogens with one attached hydrogen (secondary N) is 2. The summed E-state index contributed by atoms with van der Waals surface area (Å²) in [5, 5.41) is 6.31. The Balaban J connectivity index is 2.11.